The van der Waals surface area contributed by atoms with Gasteiger partial charge in [-0.25, -0.2) is 0 Å². The highest BCUT2D eigenvalue weighted by Crippen LogP contribution is 2.50. The summed E-state index contributed by atoms with van der Waals surface area (Å²) in [5, 5.41) is 0. The number of rotatable bonds is 2. The van der Waals surface area contributed by atoms with Crippen molar-refractivity contribution in [1.82, 2.24) is 0 Å². The molecule has 3 aliphatic rings. The lowest BCUT2D eigenvalue weighted by Crippen LogP contribution is -2.24. The molecule has 4 heteroatoms. The molecule has 96 valence electrons. The minimum atomic E-state index is -0.144. The number of hydrogen-bond donors (Lipinski definition) is 0. The van der Waals surface area contributed by atoms with Crippen LogP contribution in [-0.4, -0.2) is 5.97 Å². The minimum Gasteiger partial charge on any atom is -0.481 e. The van der Waals surface area contributed by atoms with E-state index in [1.165, 1.54) is 0 Å². The average Bonchev–Trinajstić information content (AvgIpc) is 3.15. The largest absolute Gasteiger partial charge is 0.481 e. The third kappa shape index (κ3) is 1.17. The molecule has 3 unspecified atom stereocenters. The first-order valence-corrected chi connectivity index (χ1v) is 6.70. The molecular formula is C15H12O4. The van der Waals surface area contributed by atoms with Gasteiger partial charge in [-0.15, -0.1) is 0 Å². The first kappa shape index (κ1) is 9.89. The van der Waals surface area contributed by atoms with Crippen LogP contribution in [0.2, 0.25) is 0 Å². The monoisotopic (exact) mass is 256 g/mol. The summed E-state index contributed by atoms with van der Waals surface area (Å²) in [6, 6.07) is 1.90. The van der Waals surface area contributed by atoms with Crippen molar-refractivity contribution in [3.63, 3.8) is 0 Å². The lowest BCUT2D eigenvalue weighted by molar-refractivity contribution is -0.139. The lowest BCUT2D eigenvalue weighted by atomic mass is 9.94. The van der Waals surface area contributed by atoms with Gasteiger partial charge >= 0.3 is 5.97 Å². The van der Waals surface area contributed by atoms with Gasteiger partial charge in [-0.05, 0) is 30.7 Å². The minimum absolute atomic E-state index is 0.00215. The van der Waals surface area contributed by atoms with Crippen LogP contribution in [0.25, 0.3) is 11.2 Å². The first-order valence-electron chi connectivity index (χ1n) is 6.70. The van der Waals surface area contributed by atoms with Crippen LogP contribution in [0.5, 0.6) is 11.5 Å². The number of carbonyl (C=O) groups is 1. The fourth-order valence-corrected chi connectivity index (χ4v) is 3.66. The number of benzene rings is 1. The Morgan fingerprint density at radius 3 is 3.05 bits per heavy atom. The van der Waals surface area contributed by atoms with E-state index in [0.717, 1.165) is 24.0 Å². The predicted octanol–water partition coefficient (Wildman–Crippen LogP) is 2.88. The third-order valence-corrected chi connectivity index (χ3v) is 4.60. The average molecular weight is 256 g/mol. The standard InChI is InChI=1S/C15H12O4/c16-15(10-4-7-1-2-8(10)3-7)19-13-11-5-9-6-17-14(13)12(9)18-11/h1-2,5,7-8,10H,3-4,6H2. The summed E-state index contributed by atoms with van der Waals surface area (Å²) < 4.78 is 16.6. The summed E-state index contributed by atoms with van der Waals surface area (Å²) in [6.07, 6.45) is 6.38. The van der Waals surface area contributed by atoms with Crippen molar-refractivity contribution in [3.8, 4) is 11.5 Å². The molecule has 2 aromatic rings. The smallest absolute Gasteiger partial charge is 0.315 e. The Balaban J connectivity index is 1.45. The van der Waals surface area contributed by atoms with Crippen LogP contribution in [0.4, 0.5) is 0 Å². The van der Waals surface area contributed by atoms with Crippen LogP contribution >= 0.6 is 0 Å². The van der Waals surface area contributed by atoms with Gasteiger partial charge in [0, 0.05) is 5.56 Å². The van der Waals surface area contributed by atoms with Crippen LogP contribution in [0.1, 0.15) is 18.4 Å². The maximum atomic E-state index is 12.3. The Morgan fingerprint density at radius 1 is 1.32 bits per heavy atom. The molecule has 0 radical (unpaired) electrons. The Kier molecular flexibility index (Phi) is 1.63. The molecule has 1 saturated carbocycles. The van der Waals surface area contributed by atoms with Gasteiger partial charge in [0.2, 0.25) is 11.5 Å². The van der Waals surface area contributed by atoms with Crippen LogP contribution < -0.4 is 9.47 Å². The molecule has 3 atom stereocenters. The summed E-state index contributed by atoms with van der Waals surface area (Å²) in [7, 11) is 0. The van der Waals surface area contributed by atoms with Crippen molar-refractivity contribution in [3.05, 3.63) is 23.8 Å². The molecule has 19 heavy (non-hydrogen) atoms. The van der Waals surface area contributed by atoms with Crippen molar-refractivity contribution in [1.29, 1.82) is 0 Å². The first-order chi connectivity index (χ1) is 9.29. The van der Waals surface area contributed by atoms with Gasteiger partial charge in [0.1, 0.15) is 6.61 Å². The van der Waals surface area contributed by atoms with E-state index in [2.05, 4.69) is 12.2 Å². The SMILES string of the molecule is O=C(Oc1c2c3oc1cc3CO2)C1CC2C=CC1C2. The number of allylic oxidation sites excluding steroid dienone is 2. The van der Waals surface area contributed by atoms with E-state index in [4.69, 9.17) is 13.9 Å². The Morgan fingerprint density at radius 2 is 2.26 bits per heavy atom. The fraction of sp³-hybridized carbons (Fsp3) is 0.400. The number of fused-ring (bicyclic) bond motifs is 3. The van der Waals surface area contributed by atoms with E-state index >= 15 is 0 Å². The number of ether oxygens (including phenoxy) is 2. The summed E-state index contributed by atoms with van der Waals surface area (Å²) in [5.74, 6) is 1.86. The van der Waals surface area contributed by atoms with E-state index in [1.54, 1.807) is 0 Å². The van der Waals surface area contributed by atoms with Crippen LogP contribution in [-0.2, 0) is 11.4 Å². The van der Waals surface area contributed by atoms with Crippen molar-refractivity contribution in [2.75, 3.05) is 0 Å². The molecule has 3 heterocycles. The van der Waals surface area contributed by atoms with Crippen molar-refractivity contribution in [2.24, 2.45) is 17.8 Å². The molecule has 2 aromatic heterocycles. The van der Waals surface area contributed by atoms with Crippen molar-refractivity contribution < 1.29 is 18.7 Å². The zero-order chi connectivity index (χ0) is 12.6. The van der Waals surface area contributed by atoms with Crippen molar-refractivity contribution in [2.45, 2.75) is 19.4 Å². The second-order valence-electron chi connectivity index (χ2n) is 5.72. The maximum absolute atomic E-state index is 12.3. The van der Waals surface area contributed by atoms with Gasteiger partial charge in [-0.1, -0.05) is 12.2 Å². The zero-order valence-corrected chi connectivity index (χ0v) is 10.2. The molecule has 0 amide bonds. The zero-order valence-electron chi connectivity index (χ0n) is 10.2. The Bertz CT molecular complexity index is 711. The molecule has 1 aliphatic heterocycles. The molecule has 1 fully saturated rings. The van der Waals surface area contributed by atoms with Gasteiger partial charge in [0.25, 0.3) is 0 Å². The highest BCUT2D eigenvalue weighted by Gasteiger charge is 2.42. The lowest BCUT2D eigenvalue weighted by Gasteiger charge is -2.16. The van der Waals surface area contributed by atoms with Crippen molar-refractivity contribution >= 4 is 17.1 Å². The molecule has 0 saturated heterocycles. The Hall–Kier alpha value is -1.97. The fourth-order valence-electron chi connectivity index (χ4n) is 3.66. The normalized spacial score (nSPS) is 30.4. The third-order valence-electron chi connectivity index (χ3n) is 4.60. The van der Waals surface area contributed by atoms with Crippen LogP contribution in [0, 0.1) is 17.8 Å². The molecule has 4 bridgehead atoms. The van der Waals surface area contributed by atoms with Crippen LogP contribution in [0.15, 0.2) is 22.6 Å². The highest BCUT2D eigenvalue weighted by atomic mass is 16.6. The molecule has 0 spiro atoms. The van der Waals surface area contributed by atoms with E-state index in [1.807, 2.05) is 6.07 Å². The van der Waals surface area contributed by atoms with Gasteiger partial charge in [-0.3, -0.25) is 4.79 Å². The molecule has 2 aliphatic carbocycles. The quantitative estimate of drug-likeness (QED) is 0.471. The summed E-state index contributed by atoms with van der Waals surface area (Å²) in [4.78, 5) is 12.3. The number of esters is 1. The van der Waals surface area contributed by atoms with Gasteiger partial charge in [0.05, 0.1) is 5.92 Å². The topological polar surface area (TPSA) is 48.7 Å². The Labute approximate surface area is 109 Å². The second kappa shape index (κ2) is 3.13. The maximum Gasteiger partial charge on any atom is 0.315 e. The second-order valence-corrected chi connectivity index (χ2v) is 5.72. The van der Waals surface area contributed by atoms with Gasteiger partial charge in [0.15, 0.2) is 11.2 Å². The summed E-state index contributed by atoms with van der Waals surface area (Å²) >= 11 is 0. The van der Waals surface area contributed by atoms with E-state index in [-0.39, 0.29) is 11.9 Å². The van der Waals surface area contributed by atoms with E-state index in [0.29, 0.717) is 35.5 Å². The predicted molar refractivity (Wildman–Crippen MR) is 66.2 cm³/mol. The number of hydrogen-bond acceptors (Lipinski definition) is 4. The van der Waals surface area contributed by atoms with Gasteiger partial charge in [-0.2, -0.15) is 0 Å². The van der Waals surface area contributed by atoms with E-state index in [9.17, 15) is 4.79 Å². The van der Waals surface area contributed by atoms with Gasteiger partial charge < -0.3 is 13.9 Å². The highest BCUT2D eigenvalue weighted by molar-refractivity contribution is 5.89. The molecule has 0 aromatic carbocycles. The molecule has 4 nitrogen and oxygen atoms in total. The van der Waals surface area contributed by atoms with Crippen LogP contribution in [0.3, 0.4) is 0 Å². The number of furan rings is 2. The molecule has 0 N–H and O–H groups in total. The number of carbonyl (C=O) groups excluding carboxylic acids is 1. The molecular weight excluding hydrogens is 244 g/mol. The van der Waals surface area contributed by atoms with E-state index < -0.39 is 0 Å². The summed E-state index contributed by atoms with van der Waals surface area (Å²) in [5.41, 5.74) is 2.42. The summed E-state index contributed by atoms with van der Waals surface area (Å²) in [6.45, 7) is 0.520. The molecule has 5 rings (SSSR count).